The van der Waals surface area contributed by atoms with Gasteiger partial charge in [0.2, 0.25) is 5.91 Å². The Labute approximate surface area is 115 Å². The topological polar surface area (TPSA) is 63.2 Å². The second kappa shape index (κ2) is 6.19. The molecule has 1 amide bonds. The molecule has 1 N–H and O–H groups in total. The molecule has 1 aromatic carbocycles. The van der Waals surface area contributed by atoms with Gasteiger partial charge in [0.15, 0.2) is 9.84 Å². The van der Waals surface area contributed by atoms with Crippen LogP contribution >= 0.6 is 0 Å². The third-order valence-electron chi connectivity index (χ3n) is 3.23. The Hall–Kier alpha value is -1.36. The molecule has 0 unspecified atom stereocenters. The van der Waals surface area contributed by atoms with Crippen molar-refractivity contribution in [2.24, 2.45) is 5.92 Å². The van der Waals surface area contributed by atoms with E-state index in [-0.39, 0.29) is 22.8 Å². The Kier molecular flexibility index (Phi) is 5.11. The zero-order chi connectivity index (χ0) is 14.6. The van der Waals surface area contributed by atoms with E-state index in [9.17, 15) is 13.2 Å². The number of nitrogens with one attached hydrogen (secondary N) is 1. The summed E-state index contributed by atoms with van der Waals surface area (Å²) >= 11 is 0. The SMILES string of the molecule is CC[C@H](C)C(=O)N[C@@H](C)c1ccc(S(C)(=O)=O)cc1. The molecule has 2 atom stereocenters. The molecule has 0 aliphatic heterocycles. The van der Waals surface area contributed by atoms with Crippen LogP contribution in [0.5, 0.6) is 0 Å². The molecule has 0 bridgehead atoms. The van der Waals surface area contributed by atoms with Gasteiger partial charge in [-0.1, -0.05) is 26.0 Å². The van der Waals surface area contributed by atoms with Crippen molar-refractivity contribution >= 4 is 15.7 Å². The zero-order valence-electron chi connectivity index (χ0n) is 11.8. The molecule has 5 heteroatoms. The predicted molar refractivity (Wildman–Crippen MR) is 75.6 cm³/mol. The van der Waals surface area contributed by atoms with Crippen LogP contribution in [-0.2, 0) is 14.6 Å². The van der Waals surface area contributed by atoms with Crippen LogP contribution in [-0.4, -0.2) is 20.6 Å². The monoisotopic (exact) mass is 283 g/mol. The summed E-state index contributed by atoms with van der Waals surface area (Å²) in [5.41, 5.74) is 0.893. The highest BCUT2D eigenvalue weighted by atomic mass is 32.2. The van der Waals surface area contributed by atoms with Gasteiger partial charge in [-0.05, 0) is 31.0 Å². The van der Waals surface area contributed by atoms with Crippen LogP contribution in [0.4, 0.5) is 0 Å². The van der Waals surface area contributed by atoms with Crippen LogP contribution in [0, 0.1) is 5.92 Å². The number of sulfone groups is 1. The van der Waals surface area contributed by atoms with E-state index in [0.29, 0.717) is 0 Å². The molecular formula is C14H21NO3S. The smallest absolute Gasteiger partial charge is 0.223 e. The maximum atomic E-state index is 11.8. The molecular weight excluding hydrogens is 262 g/mol. The van der Waals surface area contributed by atoms with Gasteiger partial charge in [0, 0.05) is 12.2 Å². The average Bonchev–Trinajstić information content (AvgIpc) is 2.36. The summed E-state index contributed by atoms with van der Waals surface area (Å²) in [7, 11) is -3.17. The molecule has 0 saturated carbocycles. The lowest BCUT2D eigenvalue weighted by Gasteiger charge is -2.17. The molecule has 0 aromatic heterocycles. The van der Waals surface area contributed by atoms with Crippen molar-refractivity contribution < 1.29 is 13.2 Å². The van der Waals surface area contributed by atoms with E-state index in [2.05, 4.69) is 5.32 Å². The third kappa shape index (κ3) is 4.35. The van der Waals surface area contributed by atoms with Gasteiger partial charge in [-0.25, -0.2) is 8.42 Å². The zero-order valence-corrected chi connectivity index (χ0v) is 12.6. The fraction of sp³-hybridized carbons (Fsp3) is 0.500. The number of rotatable bonds is 5. The highest BCUT2D eigenvalue weighted by Crippen LogP contribution is 2.17. The minimum atomic E-state index is -3.17. The summed E-state index contributed by atoms with van der Waals surface area (Å²) in [6.07, 6.45) is 1.97. The van der Waals surface area contributed by atoms with E-state index in [1.165, 1.54) is 6.26 Å². The van der Waals surface area contributed by atoms with E-state index in [0.717, 1.165) is 12.0 Å². The van der Waals surface area contributed by atoms with Gasteiger partial charge in [0.1, 0.15) is 0 Å². The van der Waals surface area contributed by atoms with Crippen molar-refractivity contribution in [3.8, 4) is 0 Å². The minimum Gasteiger partial charge on any atom is -0.349 e. The largest absolute Gasteiger partial charge is 0.349 e. The average molecular weight is 283 g/mol. The second-order valence-electron chi connectivity index (χ2n) is 4.88. The van der Waals surface area contributed by atoms with E-state index in [4.69, 9.17) is 0 Å². The molecule has 0 radical (unpaired) electrons. The molecule has 4 nitrogen and oxygen atoms in total. The fourth-order valence-electron chi connectivity index (χ4n) is 1.63. The van der Waals surface area contributed by atoms with Gasteiger partial charge in [-0.2, -0.15) is 0 Å². The summed E-state index contributed by atoms with van der Waals surface area (Å²) in [5, 5.41) is 2.92. The van der Waals surface area contributed by atoms with Crippen LogP contribution in [0.3, 0.4) is 0 Å². The molecule has 1 aromatic rings. The number of hydrogen-bond donors (Lipinski definition) is 1. The number of carbonyl (C=O) groups is 1. The molecule has 0 aliphatic carbocycles. The van der Waals surface area contributed by atoms with E-state index < -0.39 is 9.84 Å². The Balaban J connectivity index is 2.79. The van der Waals surface area contributed by atoms with Crippen molar-refractivity contribution in [1.82, 2.24) is 5.32 Å². The summed E-state index contributed by atoms with van der Waals surface area (Å²) in [5.74, 6) is -0.0000626. The lowest BCUT2D eigenvalue weighted by Crippen LogP contribution is -2.31. The molecule has 1 rings (SSSR count). The van der Waals surface area contributed by atoms with Gasteiger partial charge in [0.25, 0.3) is 0 Å². The highest BCUT2D eigenvalue weighted by Gasteiger charge is 2.15. The molecule has 0 fully saturated rings. The summed E-state index contributed by atoms with van der Waals surface area (Å²) in [4.78, 5) is 12.1. The van der Waals surface area contributed by atoms with Crippen molar-refractivity contribution in [2.45, 2.75) is 38.1 Å². The molecule has 0 aliphatic rings. The lowest BCUT2D eigenvalue weighted by atomic mass is 10.1. The van der Waals surface area contributed by atoms with Gasteiger partial charge < -0.3 is 5.32 Å². The predicted octanol–water partition coefficient (Wildman–Crippen LogP) is 2.31. The van der Waals surface area contributed by atoms with E-state index in [1.807, 2.05) is 20.8 Å². The lowest BCUT2D eigenvalue weighted by molar-refractivity contribution is -0.125. The summed E-state index contributed by atoms with van der Waals surface area (Å²) in [6, 6.07) is 6.47. The first-order valence-electron chi connectivity index (χ1n) is 6.36. The maximum absolute atomic E-state index is 11.8. The first-order chi connectivity index (χ1) is 8.75. The van der Waals surface area contributed by atoms with Crippen molar-refractivity contribution in [1.29, 1.82) is 0 Å². The number of amides is 1. The van der Waals surface area contributed by atoms with Crippen LogP contribution < -0.4 is 5.32 Å². The molecule has 0 saturated heterocycles. The van der Waals surface area contributed by atoms with Crippen LogP contribution in [0.25, 0.3) is 0 Å². The number of benzene rings is 1. The van der Waals surface area contributed by atoms with Crippen LogP contribution in [0.2, 0.25) is 0 Å². The Bertz CT molecular complexity index is 534. The standard InChI is InChI=1S/C14H21NO3S/c1-5-10(2)14(16)15-11(3)12-6-8-13(9-7-12)19(4,17)18/h6-11H,5H2,1-4H3,(H,15,16)/t10-,11-/m0/s1. The Morgan fingerprint density at radius 3 is 2.16 bits per heavy atom. The van der Waals surface area contributed by atoms with Gasteiger partial charge >= 0.3 is 0 Å². The molecule has 106 valence electrons. The Morgan fingerprint density at radius 1 is 1.21 bits per heavy atom. The fourth-order valence-corrected chi connectivity index (χ4v) is 2.26. The highest BCUT2D eigenvalue weighted by molar-refractivity contribution is 7.90. The first-order valence-corrected chi connectivity index (χ1v) is 8.25. The maximum Gasteiger partial charge on any atom is 0.223 e. The van der Waals surface area contributed by atoms with Crippen molar-refractivity contribution in [3.63, 3.8) is 0 Å². The van der Waals surface area contributed by atoms with E-state index in [1.54, 1.807) is 24.3 Å². The molecule has 19 heavy (non-hydrogen) atoms. The summed E-state index contributed by atoms with van der Waals surface area (Å²) < 4.78 is 22.7. The molecule has 0 spiro atoms. The van der Waals surface area contributed by atoms with Gasteiger partial charge in [0.05, 0.1) is 10.9 Å². The van der Waals surface area contributed by atoms with E-state index >= 15 is 0 Å². The minimum absolute atomic E-state index is 0.0159. The van der Waals surface area contributed by atoms with Gasteiger partial charge in [-0.15, -0.1) is 0 Å². The van der Waals surface area contributed by atoms with Crippen LogP contribution in [0.1, 0.15) is 38.8 Å². The number of carbonyl (C=O) groups excluding carboxylic acids is 1. The third-order valence-corrected chi connectivity index (χ3v) is 4.36. The first kappa shape index (κ1) is 15.7. The quantitative estimate of drug-likeness (QED) is 0.902. The molecule has 0 heterocycles. The normalized spacial score (nSPS) is 14.7. The van der Waals surface area contributed by atoms with Crippen LogP contribution in [0.15, 0.2) is 29.2 Å². The summed E-state index contributed by atoms with van der Waals surface area (Å²) in [6.45, 7) is 5.74. The van der Waals surface area contributed by atoms with Gasteiger partial charge in [-0.3, -0.25) is 4.79 Å². The van der Waals surface area contributed by atoms with Crippen molar-refractivity contribution in [2.75, 3.05) is 6.26 Å². The van der Waals surface area contributed by atoms with Crippen molar-refractivity contribution in [3.05, 3.63) is 29.8 Å². The second-order valence-corrected chi connectivity index (χ2v) is 6.90. The number of hydrogen-bond acceptors (Lipinski definition) is 3. The Morgan fingerprint density at radius 2 is 1.74 bits per heavy atom.